The minimum atomic E-state index is -1.18. The van der Waals surface area contributed by atoms with E-state index in [0.29, 0.717) is 17.5 Å². The van der Waals surface area contributed by atoms with Crippen molar-refractivity contribution in [2.24, 2.45) is 0 Å². The van der Waals surface area contributed by atoms with Crippen LogP contribution in [0.5, 0.6) is 0 Å². The summed E-state index contributed by atoms with van der Waals surface area (Å²) in [7, 11) is 0. The molecule has 0 bridgehead atoms. The molecule has 2 N–H and O–H groups in total. The SMILES string of the molecule is CC(C)(C)OC(=O)N[C@H](Cc1cn(C=O)c2ccccc12)C(=O)O.N#N. The summed E-state index contributed by atoms with van der Waals surface area (Å²) in [6, 6.07) is 6.00. The lowest BCUT2D eigenvalue weighted by Gasteiger charge is -2.22. The zero-order valence-corrected chi connectivity index (χ0v) is 14.7. The van der Waals surface area contributed by atoms with Crippen LogP contribution in [0.4, 0.5) is 4.79 Å². The largest absolute Gasteiger partial charge is 0.480 e. The van der Waals surface area contributed by atoms with Gasteiger partial charge in [-0.2, -0.15) is 0 Å². The summed E-state index contributed by atoms with van der Waals surface area (Å²) in [6.45, 7) is 5.08. The van der Waals surface area contributed by atoms with Crippen molar-refractivity contribution in [2.75, 3.05) is 0 Å². The van der Waals surface area contributed by atoms with Crippen LogP contribution in [0.1, 0.15) is 26.3 Å². The summed E-state index contributed by atoms with van der Waals surface area (Å²) in [5.41, 5.74) is 0.616. The number of carbonyl (C=O) groups excluding carboxylic acids is 2. The zero-order valence-electron chi connectivity index (χ0n) is 14.7. The lowest BCUT2D eigenvalue weighted by molar-refractivity contribution is -0.139. The standard InChI is InChI=1S/C17H20N2O5.N2/c1-17(2,3)24-16(23)18-13(15(21)22)8-11-9-19(10-20)14-7-5-4-6-12(11)14;1-2/h4-7,9-10,13H,8H2,1-3H3,(H,18,23)(H,21,22);/t13-;/m1./s1. The Morgan fingerprint density at radius 1 is 1.31 bits per heavy atom. The highest BCUT2D eigenvalue weighted by Gasteiger charge is 2.25. The number of nitrogens with one attached hydrogen (secondary N) is 1. The normalized spacial score (nSPS) is 11.7. The van der Waals surface area contributed by atoms with Crippen LogP contribution in [-0.4, -0.2) is 39.8 Å². The molecule has 1 atom stereocenters. The van der Waals surface area contributed by atoms with Crippen LogP contribution >= 0.6 is 0 Å². The Balaban J connectivity index is 0.00000163. The molecule has 0 unspecified atom stereocenters. The van der Waals surface area contributed by atoms with Crippen LogP contribution in [0.15, 0.2) is 30.5 Å². The molecular weight excluding hydrogens is 340 g/mol. The average Bonchev–Trinajstić information content (AvgIpc) is 2.92. The fourth-order valence-electron chi connectivity index (χ4n) is 2.40. The number of hydrogen-bond donors (Lipinski definition) is 2. The number of aromatic nitrogens is 1. The molecular formula is C17H20N4O5. The predicted octanol–water partition coefficient (Wildman–Crippen LogP) is 2.23. The number of aliphatic carboxylic acids is 1. The van der Waals surface area contributed by atoms with Crippen molar-refractivity contribution < 1.29 is 24.2 Å². The Labute approximate surface area is 150 Å². The molecule has 138 valence electrons. The Bertz CT molecular complexity index is 819. The molecule has 0 aliphatic heterocycles. The molecule has 1 aromatic heterocycles. The molecule has 0 spiro atoms. The van der Waals surface area contributed by atoms with Gasteiger partial charge in [-0.05, 0) is 32.4 Å². The number of amides is 1. The molecule has 0 saturated heterocycles. The number of hydrogen-bond acceptors (Lipinski definition) is 6. The molecule has 1 amide bonds. The molecule has 0 aliphatic carbocycles. The number of nitrogens with zero attached hydrogens (tertiary/aromatic N) is 3. The number of para-hydroxylation sites is 1. The Hall–Kier alpha value is -3.41. The molecule has 0 radical (unpaired) electrons. The highest BCUT2D eigenvalue weighted by molar-refractivity contribution is 5.89. The number of fused-ring (bicyclic) bond motifs is 1. The Morgan fingerprint density at radius 2 is 1.92 bits per heavy atom. The first-order valence-corrected chi connectivity index (χ1v) is 7.67. The van der Waals surface area contributed by atoms with Crippen molar-refractivity contribution in [3.05, 3.63) is 36.0 Å². The van der Waals surface area contributed by atoms with E-state index in [0.717, 1.165) is 5.39 Å². The second kappa shape index (κ2) is 8.62. The number of ether oxygens (including phenoxy) is 1. The maximum absolute atomic E-state index is 11.8. The van der Waals surface area contributed by atoms with E-state index in [1.165, 1.54) is 4.57 Å². The second-order valence-corrected chi connectivity index (χ2v) is 6.43. The minimum Gasteiger partial charge on any atom is -0.480 e. The quantitative estimate of drug-likeness (QED) is 0.614. The lowest BCUT2D eigenvalue weighted by atomic mass is 10.1. The topological polar surface area (TPSA) is 145 Å². The van der Waals surface area contributed by atoms with E-state index >= 15 is 0 Å². The van der Waals surface area contributed by atoms with Crippen LogP contribution in [0.25, 0.3) is 10.9 Å². The molecule has 2 rings (SSSR count). The van der Waals surface area contributed by atoms with E-state index < -0.39 is 23.7 Å². The van der Waals surface area contributed by atoms with Crippen molar-refractivity contribution in [1.29, 1.82) is 10.8 Å². The maximum atomic E-state index is 11.8. The number of alkyl carbamates (subject to hydrolysis) is 1. The average molecular weight is 360 g/mol. The zero-order chi connectivity index (χ0) is 19.9. The van der Waals surface area contributed by atoms with Crippen molar-refractivity contribution in [3.8, 4) is 0 Å². The van der Waals surface area contributed by atoms with Crippen molar-refractivity contribution >= 4 is 29.4 Å². The Kier molecular flexibility index (Phi) is 6.84. The highest BCUT2D eigenvalue weighted by Crippen LogP contribution is 2.21. The van der Waals surface area contributed by atoms with Gasteiger partial charge in [-0.3, -0.25) is 9.36 Å². The number of carbonyl (C=O) groups is 3. The summed E-state index contributed by atoms with van der Waals surface area (Å²) in [4.78, 5) is 34.4. The number of carboxylic acids is 1. The first-order valence-electron chi connectivity index (χ1n) is 7.67. The minimum absolute atomic E-state index is 0.0376. The van der Waals surface area contributed by atoms with Gasteiger partial charge >= 0.3 is 12.1 Å². The summed E-state index contributed by atoms with van der Waals surface area (Å²) in [5, 5.41) is 24.5. The second-order valence-electron chi connectivity index (χ2n) is 6.43. The van der Waals surface area contributed by atoms with Crippen LogP contribution < -0.4 is 5.32 Å². The third-order valence-electron chi connectivity index (χ3n) is 3.35. The van der Waals surface area contributed by atoms with Gasteiger partial charge in [0, 0.05) is 28.8 Å². The molecule has 0 fully saturated rings. The molecule has 9 heteroatoms. The molecule has 9 nitrogen and oxygen atoms in total. The van der Waals surface area contributed by atoms with E-state index in [1.54, 1.807) is 51.2 Å². The monoisotopic (exact) mass is 360 g/mol. The van der Waals surface area contributed by atoms with Gasteiger partial charge in [-0.1, -0.05) is 18.2 Å². The van der Waals surface area contributed by atoms with Crippen LogP contribution in [-0.2, 0) is 20.7 Å². The lowest BCUT2D eigenvalue weighted by Crippen LogP contribution is -2.44. The van der Waals surface area contributed by atoms with Crippen LogP contribution in [0, 0.1) is 10.8 Å². The summed E-state index contributed by atoms with van der Waals surface area (Å²) >= 11 is 0. The molecule has 1 aromatic carbocycles. The van der Waals surface area contributed by atoms with Gasteiger partial charge in [0.05, 0.1) is 5.52 Å². The van der Waals surface area contributed by atoms with Crippen molar-refractivity contribution in [1.82, 2.24) is 9.88 Å². The number of benzene rings is 1. The summed E-state index contributed by atoms with van der Waals surface area (Å²) in [5.74, 6) is -1.18. The van der Waals surface area contributed by atoms with Gasteiger partial charge in [-0.15, -0.1) is 0 Å². The molecule has 0 saturated carbocycles. The Morgan fingerprint density at radius 3 is 2.46 bits per heavy atom. The molecule has 26 heavy (non-hydrogen) atoms. The van der Waals surface area contributed by atoms with Gasteiger partial charge in [-0.25, -0.2) is 9.59 Å². The number of rotatable bonds is 5. The van der Waals surface area contributed by atoms with E-state index in [1.807, 2.05) is 0 Å². The van der Waals surface area contributed by atoms with Gasteiger partial charge in [0.2, 0.25) is 6.41 Å². The first-order chi connectivity index (χ1) is 12.2. The fraction of sp³-hybridized carbons (Fsp3) is 0.353. The summed E-state index contributed by atoms with van der Waals surface area (Å²) < 4.78 is 6.48. The van der Waals surface area contributed by atoms with Gasteiger partial charge in [0.25, 0.3) is 0 Å². The third kappa shape index (κ3) is 5.31. The third-order valence-corrected chi connectivity index (χ3v) is 3.35. The predicted molar refractivity (Wildman–Crippen MR) is 92.0 cm³/mol. The van der Waals surface area contributed by atoms with Crippen molar-refractivity contribution in [3.63, 3.8) is 0 Å². The number of carboxylic acid groups (broad SMARTS) is 1. The molecule has 1 heterocycles. The smallest absolute Gasteiger partial charge is 0.408 e. The van der Waals surface area contributed by atoms with Crippen molar-refractivity contribution in [2.45, 2.75) is 38.8 Å². The molecule has 0 aliphatic rings. The fourth-order valence-corrected chi connectivity index (χ4v) is 2.40. The van der Waals surface area contributed by atoms with Gasteiger partial charge in [0.1, 0.15) is 11.6 Å². The first kappa shape index (κ1) is 20.6. The summed E-state index contributed by atoms with van der Waals surface area (Å²) in [6.07, 6.45) is 1.47. The van der Waals surface area contributed by atoms with E-state index in [4.69, 9.17) is 15.5 Å². The molecule has 2 aromatic rings. The maximum Gasteiger partial charge on any atom is 0.408 e. The van der Waals surface area contributed by atoms with Crippen LogP contribution in [0.3, 0.4) is 0 Å². The van der Waals surface area contributed by atoms with E-state index in [-0.39, 0.29) is 6.42 Å². The van der Waals surface area contributed by atoms with E-state index in [2.05, 4.69) is 5.32 Å². The van der Waals surface area contributed by atoms with E-state index in [9.17, 15) is 19.5 Å². The van der Waals surface area contributed by atoms with Gasteiger partial charge in [0.15, 0.2) is 0 Å². The van der Waals surface area contributed by atoms with Gasteiger partial charge < -0.3 is 15.2 Å². The highest BCUT2D eigenvalue weighted by atomic mass is 16.6. The van der Waals surface area contributed by atoms with Crippen LogP contribution in [0.2, 0.25) is 0 Å².